The molecule has 2 amide bonds. The number of nitrogens with one attached hydrogen (secondary N) is 2. The Balaban J connectivity index is 1.41. The molecule has 0 saturated heterocycles. The van der Waals surface area contributed by atoms with E-state index in [0.29, 0.717) is 22.4 Å². The Morgan fingerprint density at radius 3 is 2.58 bits per heavy atom. The molecule has 0 spiro atoms. The summed E-state index contributed by atoms with van der Waals surface area (Å²) in [6, 6.07) is 15.3. The van der Waals surface area contributed by atoms with Crippen LogP contribution in [0.4, 0.5) is 10.9 Å². The number of hydrogen-bond acceptors (Lipinski definition) is 7. The Bertz CT molecular complexity index is 1310. The highest BCUT2D eigenvalue weighted by atomic mass is 35.5. The summed E-state index contributed by atoms with van der Waals surface area (Å²) in [6.07, 6.45) is 7.58. The number of amides is 2. The first-order valence-corrected chi connectivity index (χ1v) is 12.6. The van der Waals surface area contributed by atoms with Crippen LogP contribution in [-0.2, 0) is 28.9 Å². The van der Waals surface area contributed by atoms with E-state index in [1.165, 1.54) is 18.3 Å². The molecule has 3 aromatic heterocycles. The minimum atomic E-state index is -0.171. The second-order valence-corrected chi connectivity index (χ2v) is 9.75. The van der Waals surface area contributed by atoms with Gasteiger partial charge < -0.3 is 10.6 Å². The zero-order chi connectivity index (χ0) is 25.3. The van der Waals surface area contributed by atoms with Gasteiger partial charge in [0.2, 0.25) is 16.9 Å². The molecule has 4 rings (SSSR count). The molecule has 0 aliphatic heterocycles. The summed E-state index contributed by atoms with van der Waals surface area (Å²) in [7, 11) is 0. The van der Waals surface area contributed by atoms with Crippen LogP contribution in [0, 0.1) is 0 Å². The van der Waals surface area contributed by atoms with Gasteiger partial charge in [0.15, 0.2) is 0 Å². The van der Waals surface area contributed by atoms with Crippen molar-refractivity contribution in [3.8, 4) is 0 Å². The number of carbonyl (C=O) groups is 2. The number of benzene rings is 1. The van der Waals surface area contributed by atoms with Crippen molar-refractivity contribution >= 4 is 45.7 Å². The van der Waals surface area contributed by atoms with Crippen molar-refractivity contribution in [3.63, 3.8) is 0 Å². The van der Waals surface area contributed by atoms with Gasteiger partial charge in [-0.1, -0.05) is 53.3 Å². The highest BCUT2D eigenvalue weighted by molar-refractivity contribution is 7.15. The standard InChI is InChI=1S/C26H25ClN6O2S/c1-17(34)30-26-33-32-25(36-26)11-9-20(21-6-2-3-7-22(21)27)13-19-8-10-23(29-16-19)31-24(35)14-18-5-4-12-28-15-18/h2-8,10,12,15-16,20H,9,11,13-14H2,1H3,(H,29,31,35)(H,30,33,34). The van der Waals surface area contributed by atoms with Crippen LogP contribution in [0.15, 0.2) is 67.1 Å². The molecule has 0 saturated carbocycles. The molecule has 184 valence electrons. The maximum atomic E-state index is 12.3. The van der Waals surface area contributed by atoms with Crippen molar-refractivity contribution in [2.75, 3.05) is 10.6 Å². The van der Waals surface area contributed by atoms with Crippen LogP contribution in [0.25, 0.3) is 0 Å². The zero-order valence-electron chi connectivity index (χ0n) is 19.6. The number of aromatic nitrogens is 4. The maximum absolute atomic E-state index is 12.3. The predicted molar refractivity (Wildman–Crippen MR) is 141 cm³/mol. The van der Waals surface area contributed by atoms with Crippen molar-refractivity contribution in [2.24, 2.45) is 0 Å². The van der Waals surface area contributed by atoms with Crippen LogP contribution in [-0.4, -0.2) is 32.0 Å². The Labute approximate surface area is 218 Å². The Morgan fingerprint density at radius 1 is 1.00 bits per heavy atom. The molecule has 0 radical (unpaired) electrons. The largest absolute Gasteiger partial charge is 0.310 e. The van der Waals surface area contributed by atoms with Gasteiger partial charge in [-0.05, 0) is 53.6 Å². The first kappa shape index (κ1) is 25.4. The minimum Gasteiger partial charge on any atom is -0.310 e. The molecule has 8 nitrogen and oxygen atoms in total. The smallest absolute Gasteiger partial charge is 0.230 e. The summed E-state index contributed by atoms with van der Waals surface area (Å²) >= 11 is 7.91. The number of hydrogen-bond donors (Lipinski definition) is 2. The van der Waals surface area contributed by atoms with Crippen LogP contribution in [0.1, 0.15) is 41.0 Å². The fourth-order valence-electron chi connectivity index (χ4n) is 3.81. The van der Waals surface area contributed by atoms with E-state index in [1.54, 1.807) is 24.7 Å². The quantitative estimate of drug-likeness (QED) is 0.302. The molecule has 0 aliphatic carbocycles. The first-order valence-electron chi connectivity index (χ1n) is 11.4. The second-order valence-electron chi connectivity index (χ2n) is 8.28. The van der Waals surface area contributed by atoms with E-state index in [4.69, 9.17) is 11.6 Å². The fourth-order valence-corrected chi connectivity index (χ4v) is 4.90. The Kier molecular flexibility index (Phi) is 8.70. The molecule has 10 heteroatoms. The summed E-state index contributed by atoms with van der Waals surface area (Å²) in [6.45, 7) is 1.44. The number of halogens is 1. The zero-order valence-corrected chi connectivity index (χ0v) is 21.2. The average molecular weight is 521 g/mol. The van der Waals surface area contributed by atoms with E-state index in [1.807, 2.05) is 42.5 Å². The Morgan fingerprint density at radius 2 is 1.86 bits per heavy atom. The first-order chi connectivity index (χ1) is 17.5. The van der Waals surface area contributed by atoms with Gasteiger partial charge in [0, 0.05) is 37.0 Å². The lowest BCUT2D eigenvalue weighted by atomic mass is 9.88. The van der Waals surface area contributed by atoms with Gasteiger partial charge in [0.25, 0.3) is 0 Å². The molecule has 2 N–H and O–H groups in total. The molecule has 1 unspecified atom stereocenters. The van der Waals surface area contributed by atoms with E-state index in [-0.39, 0.29) is 24.2 Å². The van der Waals surface area contributed by atoms with Gasteiger partial charge in [-0.25, -0.2) is 4.98 Å². The summed E-state index contributed by atoms with van der Waals surface area (Å²) in [5.74, 6) is 0.310. The molecule has 1 aromatic carbocycles. The van der Waals surface area contributed by atoms with Gasteiger partial charge >= 0.3 is 0 Å². The molecule has 0 aliphatic rings. The van der Waals surface area contributed by atoms with E-state index in [0.717, 1.165) is 34.5 Å². The van der Waals surface area contributed by atoms with Crippen molar-refractivity contribution in [1.29, 1.82) is 0 Å². The predicted octanol–water partition coefficient (Wildman–Crippen LogP) is 5.08. The Hall–Kier alpha value is -3.69. The van der Waals surface area contributed by atoms with Crippen molar-refractivity contribution in [2.45, 2.75) is 38.5 Å². The summed E-state index contributed by atoms with van der Waals surface area (Å²) in [4.78, 5) is 32.1. The third-order valence-electron chi connectivity index (χ3n) is 5.46. The highest BCUT2D eigenvalue weighted by Crippen LogP contribution is 2.32. The number of anilines is 2. The van der Waals surface area contributed by atoms with Crippen molar-refractivity contribution in [1.82, 2.24) is 20.2 Å². The molecule has 1 atom stereocenters. The number of pyridine rings is 2. The molecule has 36 heavy (non-hydrogen) atoms. The van der Waals surface area contributed by atoms with Crippen molar-refractivity contribution in [3.05, 3.63) is 93.8 Å². The number of nitrogens with zero attached hydrogens (tertiary/aromatic N) is 4. The lowest BCUT2D eigenvalue weighted by Gasteiger charge is -2.18. The van der Waals surface area contributed by atoms with Crippen LogP contribution in [0.5, 0.6) is 0 Å². The number of carbonyl (C=O) groups excluding carboxylic acids is 2. The highest BCUT2D eigenvalue weighted by Gasteiger charge is 2.18. The third kappa shape index (κ3) is 7.40. The lowest BCUT2D eigenvalue weighted by molar-refractivity contribution is -0.116. The topological polar surface area (TPSA) is 110 Å². The van der Waals surface area contributed by atoms with Gasteiger partial charge in [-0.2, -0.15) is 0 Å². The van der Waals surface area contributed by atoms with Crippen LogP contribution >= 0.6 is 22.9 Å². The SMILES string of the molecule is CC(=O)Nc1nnc(CCC(Cc2ccc(NC(=O)Cc3cccnc3)nc2)c2ccccc2Cl)s1. The summed E-state index contributed by atoms with van der Waals surface area (Å²) < 4.78 is 0. The average Bonchev–Trinajstić information content (AvgIpc) is 3.30. The number of rotatable bonds is 10. The molecule has 0 bridgehead atoms. The molecular weight excluding hydrogens is 496 g/mol. The third-order valence-corrected chi connectivity index (χ3v) is 6.71. The monoisotopic (exact) mass is 520 g/mol. The second kappa shape index (κ2) is 12.3. The van der Waals surface area contributed by atoms with Crippen LogP contribution in [0.3, 0.4) is 0 Å². The summed E-state index contributed by atoms with van der Waals surface area (Å²) in [5.41, 5.74) is 2.93. The molecule has 0 fully saturated rings. The summed E-state index contributed by atoms with van der Waals surface area (Å²) in [5, 5.41) is 15.8. The van der Waals surface area contributed by atoms with E-state index in [9.17, 15) is 9.59 Å². The normalized spacial score (nSPS) is 11.6. The fraction of sp³-hybridized carbons (Fsp3) is 0.231. The van der Waals surface area contributed by atoms with Crippen LogP contribution < -0.4 is 10.6 Å². The molecule has 4 aromatic rings. The van der Waals surface area contributed by atoms with Gasteiger partial charge in [0.05, 0.1) is 6.42 Å². The van der Waals surface area contributed by atoms with E-state index >= 15 is 0 Å². The lowest BCUT2D eigenvalue weighted by Crippen LogP contribution is -2.15. The van der Waals surface area contributed by atoms with Gasteiger partial charge in [0.1, 0.15) is 10.8 Å². The van der Waals surface area contributed by atoms with Crippen molar-refractivity contribution < 1.29 is 9.59 Å². The molecular formula is C26H25ClN6O2S. The maximum Gasteiger partial charge on any atom is 0.230 e. The van der Waals surface area contributed by atoms with Gasteiger partial charge in [-0.3, -0.25) is 14.6 Å². The van der Waals surface area contributed by atoms with Crippen LogP contribution in [0.2, 0.25) is 5.02 Å². The minimum absolute atomic E-state index is 0.125. The number of aryl methyl sites for hydroxylation is 1. The van der Waals surface area contributed by atoms with E-state index < -0.39 is 0 Å². The molecule has 3 heterocycles. The van der Waals surface area contributed by atoms with E-state index in [2.05, 4.69) is 30.8 Å². The van der Waals surface area contributed by atoms with Gasteiger partial charge in [-0.15, -0.1) is 10.2 Å².